The highest BCUT2D eigenvalue weighted by atomic mass is 35.5. The quantitative estimate of drug-likeness (QED) is 0.0108. The number of nitrogens with two attached hydrogens (primary N) is 2. The summed E-state index contributed by atoms with van der Waals surface area (Å²) in [6, 6.07) is 39.9. The molecule has 4 aliphatic heterocycles. The number of anilines is 3. The number of Topliss-reactive ketones (excluding diaryl/α,β-unsaturated/α-hetero) is 2. The van der Waals surface area contributed by atoms with Gasteiger partial charge in [-0.25, -0.2) is 16.0 Å². The van der Waals surface area contributed by atoms with Gasteiger partial charge in [0, 0.05) is 65.3 Å². The van der Waals surface area contributed by atoms with E-state index >= 15 is 0 Å². The van der Waals surface area contributed by atoms with Crippen LogP contribution in [0.4, 0.5) is 21.9 Å². The normalized spacial score (nSPS) is 12.8. The van der Waals surface area contributed by atoms with E-state index in [-0.39, 0.29) is 75.0 Å². The summed E-state index contributed by atoms with van der Waals surface area (Å²) >= 11 is 50.1. The summed E-state index contributed by atoms with van der Waals surface area (Å²) in [5.41, 5.74) is 23.9. The van der Waals surface area contributed by atoms with E-state index in [1.165, 1.54) is 17.7 Å². The molecule has 0 radical (unpaired) electrons. The van der Waals surface area contributed by atoms with Gasteiger partial charge in [-0.3, -0.25) is 49.3 Å². The molecule has 9 aromatic rings. The summed E-state index contributed by atoms with van der Waals surface area (Å²) in [6.45, 7) is 27.6. The van der Waals surface area contributed by atoms with Crippen molar-refractivity contribution in [3.8, 4) is 58.1 Å². The third kappa shape index (κ3) is 25.1. The van der Waals surface area contributed by atoms with E-state index in [2.05, 4.69) is 59.4 Å². The van der Waals surface area contributed by atoms with Crippen molar-refractivity contribution in [1.82, 2.24) is 15.1 Å². The lowest BCUT2D eigenvalue weighted by Crippen LogP contribution is -2.36. The molecule has 0 saturated heterocycles. The number of aliphatic imine (C=N–C) groups is 4. The van der Waals surface area contributed by atoms with Crippen LogP contribution in [0.15, 0.2) is 146 Å². The summed E-state index contributed by atoms with van der Waals surface area (Å²) in [4.78, 5) is 88.2. The van der Waals surface area contributed by atoms with Gasteiger partial charge < -0.3 is 49.5 Å². The fourth-order valence-electron chi connectivity index (χ4n) is 11.5. The number of carbonyl (C=O) groups excluding carboxylic acids is 6. The van der Waals surface area contributed by atoms with Crippen LogP contribution in [0.25, 0.3) is 15.7 Å². The molecule has 0 aliphatic carbocycles. The number of nitrogens with one attached hydrogen (secondary N) is 1. The number of rotatable bonds is 22. The van der Waals surface area contributed by atoms with E-state index in [1.807, 2.05) is 104 Å². The lowest BCUT2D eigenvalue weighted by Gasteiger charge is -2.22. The number of imide groups is 1. The van der Waals surface area contributed by atoms with Crippen molar-refractivity contribution in [2.75, 3.05) is 42.8 Å². The molecule has 0 fully saturated rings. The number of aromatic nitrogens is 2. The molecule has 5 N–H and O–H groups in total. The number of ketones is 2. The van der Waals surface area contributed by atoms with Gasteiger partial charge in [0.2, 0.25) is 17.3 Å². The highest BCUT2D eigenvalue weighted by Gasteiger charge is 2.31. The van der Waals surface area contributed by atoms with Crippen LogP contribution in [0, 0.1) is 36.2 Å². The van der Waals surface area contributed by atoms with Crippen LogP contribution in [0.1, 0.15) is 92.1 Å². The average molecular weight is 1800 g/mol. The summed E-state index contributed by atoms with van der Waals surface area (Å²) in [5.74, 6) is 0.459. The summed E-state index contributed by atoms with van der Waals surface area (Å²) < 4.78 is 40.3. The van der Waals surface area contributed by atoms with Gasteiger partial charge in [0.15, 0.2) is 28.7 Å². The molecule has 4 aliphatic rings. The molecule has 8 aromatic carbocycles. The molecule has 0 atom stereocenters. The van der Waals surface area contributed by atoms with Crippen molar-refractivity contribution < 1.29 is 61.9 Å². The van der Waals surface area contributed by atoms with E-state index in [1.54, 1.807) is 68.5 Å². The molecule has 27 nitrogen and oxygen atoms in total. The van der Waals surface area contributed by atoms with Crippen LogP contribution in [0.5, 0.6) is 46.0 Å². The molecule has 3 amide bonds. The molecular formula is C84H76Cl8N14O13Si. The summed E-state index contributed by atoms with van der Waals surface area (Å²) in [6.07, 6.45) is -1.80. The Balaban J connectivity index is 0.000000176. The fourth-order valence-corrected chi connectivity index (χ4v) is 14.6. The Morgan fingerprint density at radius 2 is 1.04 bits per heavy atom. The van der Waals surface area contributed by atoms with Gasteiger partial charge in [0.05, 0.1) is 103 Å². The zero-order valence-corrected chi connectivity index (χ0v) is 73.0. The Labute approximate surface area is 731 Å². The number of ether oxygens (including phenoxy) is 7. The lowest BCUT2D eigenvalue weighted by atomic mass is 10.1. The molecular weight excluding hydrogens is 1720 g/mol. The number of carbonyl (C=O) groups is 6. The zero-order valence-electron chi connectivity index (χ0n) is 65.9. The first-order valence-electron chi connectivity index (χ1n) is 36.5. The third-order valence-corrected chi connectivity index (χ3v) is 21.4. The van der Waals surface area contributed by atoms with Crippen molar-refractivity contribution in [3.63, 3.8) is 0 Å². The molecule has 36 heteroatoms. The molecule has 120 heavy (non-hydrogen) atoms. The van der Waals surface area contributed by atoms with E-state index in [0.717, 1.165) is 85.8 Å². The first-order valence-corrected chi connectivity index (χ1v) is 43.2. The first kappa shape index (κ1) is 92.4. The standard InChI is InChI=1S/C23H19Cl2N3O4.C20H12Cl2N4O3.C20H25Cl2N3O2Si.C15H12Cl2N2O.C6H8N2O3/c1-3-31-22(30)9-21(29)20(10-26)28-11-14-6-18(24)23(19(25)7-14)32-16-5-4-15-12-27-13(2)17(15)8-16;1-10-14-6-13(3-2-11(14)9-24-10)29-20-15(21)4-12(5-16(20)22)26-19(28)7-18(27)17(8-23)25-26;1-13-16-11-15(27-20-17(21)9-14(23)10-18(20)22)5-6-19(16)25(24-13)12-26-7-8-28(2,3)4;1-8-12-6-11(3-2-9(12)7-19-8)20-15-13(16)4-10(18)5-14(15)17;1-3-11-6(10)8-5(9)4-7-2/h4-8H,3,9,11-12H2,1-2H3;2-6H,7,9H2,1H3;5-6,9-11H,7-8,12,23H2,1-4H3;2-6H,7,18H2,1H3;3-4H2,1H3,(H,8,9,10). The maximum Gasteiger partial charge on any atom is 0.414 e. The minimum atomic E-state index is -1.10. The van der Waals surface area contributed by atoms with Crippen LogP contribution in [-0.4, -0.2) is 108 Å². The smallest absolute Gasteiger partial charge is 0.414 e. The number of nitrogens with zero attached hydrogens (tertiary/aromatic N) is 11. The van der Waals surface area contributed by atoms with E-state index in [0.29, 0.717) is 91.3 Å². The average Bonchev–Trinajstić information content (AvgIpc) is 1.24. The molecule has 1 aromatic heterocycles. The van der Waals surface area contributed by atoms with Crippen LogP contribution >= 0.6 is 92.8 Å². The second-order valence-corrected chi connectivity index (χ2v) is 36.4. The molecule has 0 spiro atoms. The summed E-state index contributed by atoms with van der Waals surface area (Å²) in [5, 5.41) is 32.7. The first-order chi connectivity index (χ1) is 57.1. The Hall–Kier alpha value is -11.4. The highest BCUT2D eigenvalue weighted by Crippen LogP contribution is 2.44. The zero-order chi connectivity index (χ0) is 87.4. The van der Waals surface area contributed by atoms with Gasteiger partial charge in [-0.05, 0) is 173 Å². The van der Waals surface area contributed by atoms with Gasteiger partial charge in [0.25, 0.3) is 12.5 Å². The van der Waals surface area contributed by atoms with Crippen molar-refractivity contribution >= 4 is 193 Å². The molecule has 620 valence electrons. The van der Waals surface area contributed by atoms with Gasteiger partial charge in [-0.2, -0.15) is 25.7 Å². The number of halogens is 8. The predicted molar refractivity (Wildman–Crippen MR) is 470 cm³/mol. The Bertz CT molecular complexity index is 5740. The summed E-state index contributed by atoms with van der Waals surface area (Å²) in [7, 11) is -1.10. The van der Waals surface area contributed by atoms with Crippen molar-refractivity contribution in [2.45, 2.75) is 113 Å². The third-order valence-electron chi connectivity index (χ3n) is 17.5. The van der Waals surface area contributed by atoms with Gasteiger partial charge in [0.1, 0.15) is 48.3 Å². The Morgan fingerprint density at radius 3 is 1.47 bits per heavy atom. The second kappa shape index (κ2) is 42.5. The van der Waals surface area contributed by atoms with Gasteiger partial charge in [-0.1, -0.05) is 131 Å². The number of aryl methyl sites for hydroxylation is 1. The molecule has 0 unspecified atom stereocenters. The number of hydrazone groups is 1. The maximum absolute atomic E-state index is 12.2. The molecule has 5 heterocycles. The van der Waals surface area contributed by atoms with Gasteiger partial charge in [-0.15, -0.1) is 0 Å². The van der Waals surface area contributed by atoms with Gasteiger partial charge >= 0.3 is 18.0 Å². The Morgan fingerprint density at radius 1 is 0.608 bits per heavy atom. The number of amides is 3. The fraction of sp³-hybridized carbons (Fsp3) is 0.250. The van der Waals surface area contributed by atoms with Crippen LogP contribution in [0.2, 0.25) is 65.9 Å². The van der Waals surface area contributed by atoms with Crippen molar-refractivity contribution in [2.24, 2.45) is 25.1 Å². The SMILES string of the molecule is CC1=NCc2ccc(Oc3c(Cl)cc(N)cc3Cl)cc21.CC1=NCc2ccc(Oc3c(Cl)cc(N4N=C(C#N)C(=O)CC4=O)cc3Cl)cc21.CCOC(=O)CC(=O)C(C#N)=NCc1cc(Cl)c(Oc2ccc3c(c2)C(C)=NC3)c(Cl)c1.Cc1nn(COCC[Si](C)(C)C)c2ccc(Oc3c(Cl)cc(N)cc3Cl)cc12.[C-]#[N+]CC(=O)NC(=O)OCC. The maximum atomic E-state index is 12.2. The number of esters is 1. The van der Waals surface area contributed by atoms with Crippen molar-refractivity contribution in [1.29, 1.82) is 10.5 Å². The monoisotopic (exact) mass is 1800 g/mol. The highest BCUT2D eigenvalue weighted by molar-refractivity contribution is 6.76. The van der Waals surface area contributed by atoms with Crippen LogP contribution < -0.4 is 40.7 Å². The largest absolute Gasteiger partial charge is 0.466 e. The van der Waals surface area contributed by atoms with Crippen LogP contribution in [-0.2, 0) is 71.1 Å². The number of alkyl carbamates (subject to hydrolysis) is 1. The van der Waals surface area contributed by atoms with E-state index in [4.69, 9.17) is 145 Å². The number of hydrogen-bond acceptors (Lipinski definition) is 23. The second-order valence-electron chi connectivity index (χ2n) is 27.6. The molecule has 13 rings (SSSR count). The number of fused-ring (bicyclic) bond motifs is 4. The number of benzene rings is 8. The minimum Gasteiger partial charge on any atom is -0.466 e. The van der Waals surface area contributed by atoms with E-state index in [9.17, 15) is 34.0 Å². The number of nitriles is 2. The van der Waals surface area contributed by atoms with Crippen molar-refractivity contribution in [3.05, 3.63) is 218 Å². The number of hydrogen-bond donors (Lipinski definition) is 3. The Kier molecular flexibility index (Phi) is 32.7. The lowest BCUT2D eigenvalue weighted by molar-refractivity contribution is -0.144. The predicted octanol–water partition coefficient (Wildman–Crippen LogP) is 20.6. The minimum absolute atomic E-state index is 0.0221. The molecule has 0 saturated carbocycles. The van der Waals surface area contributed by atoms with Crippen LogP contribution in [0.3, 0.4) is 0 Å². The number of nitrogen functional groups attached to an aromatic ring is 2. The van der Waals surface area contributed by atoms with E-state index < -0.39 is 56.4 Å². The molecule has 0 bridgehead atoms. The topological polar surface area (TPSA) is 366 Å².